The van der Waals surface area contributed by atoms with E-state index in [4.69, 9.17) is 0 Å². The van der Waals surface area contributed by atoms with Crippen molar-refractivity contribution in [3.63, 3.8) is 0 Å². The maximum atomic E-state index is 12.5. The number of amides is 1. The van der Waals surface area contributed by atoms with Gasteiger partial charge in [-0.1, -0.05) is 30.3 Å². The molecule has 6 nitrogen and oxygen atoms in total. The summed E-state index contributed by atoms with van der Waals surface area (Å²) in [6.07, 6.45) is 5.90. The van der Waals surface area contributed by atoms with Crippen molar-refractivity contribution in [1.29, 1.82) is 0 Å². The van der Waals surface area contributed by atoms with Crippen molar-refractivity contribution in [2.75, 3.05) is 19.9 Å². The number of methoxy groups -OCH3 is 1. The molecule has 23 heavy (non-hydrogen) atoms. The van der Waals surface area contributed by atoms with Crippen LogP contribution in [-0.2, 0) is 20.7 Å². The number of hydrogen-bond donors (Lipinski definition) is 1. The van der Waals surface area contributed by atoms with E-state index in [1.807, 2.05) is 42.8 Å². The Hall–Kier alpha value is -2.28. The summed E-state index contributed by atoms with van der Waals surface area (Å²) in [5, 5.41) is 3.45. The third-order valence-electron chi connectivity index (χ3n) is 3.36. The van der Waals surface area contributed by atoms with Crippen LogP contribution in [0.15, 0.2) is 47.9 Å². The molecular formula is C16H19N3O3S. The van der Waals surface area contributed by atoms with Crippen LogP contribution in [0.1, 0.15) is 11.6 Å². The topological polar surface area (TPSA) is 73.2 Å². The van der Waals surface area contributed by atoms with Gasteiger partial charge in [-0.05, 0) is 11.8 Å². The lowest BCUT2D eigenvalue weighted by atomic mass is 10.1. The normalized spacial score (nSPS) is 11.7. The molecule has 0 aliphatic carbocycles. The van der Waals surface area contributed by atoms with Crippen LogP contribution in [0, 0.1) is 0 Å². The van der Waals surface area contributed by atoms with Gasteiger partial charge < -0.3 is 14.6 Å². The molecule has 122 valence electrons. The standard InChI is InChI=1S/C16H19N3O3S/c1-22-15(20)9-17-16(21)13(8-12-6-4-3-5-7-12)19-10-14(23-2)18-11-19/h3-7,10-11,13H,8-9H2,1-2H3,(H,17,21)/t13-/m0/s1. The van der Waals surface area contributed by atoms with Crippen LogP contribution >= 0.6 is 11.8 Å². The average molecular weight is 333 g/mol. The van der Waals surface area contributed by atoms with Gasteiger partial charge in [0.05, 0.1) is 13.4 Å². The van der Waals surface area contributed by atoms with Crippen molar-refractivity contribution in [2.24, 2.45) is 0 Å². The Bertz CT molecular complexity index is 658. The van der Waals surface area contributed by atoms with Crippen LogP contribution in [-0.4, -0.2) is 41.3 Å². The smallest absolute Gasteiger partial charge is 0.325 e. The molecule has 2 aromatic rings. The maximum Gasteiger partial charge on any atom is 0.325 e. The highest BCUT2D eigenvalue weighted by molar-refractivity contribution is 7.98. The summed E-state index contributed by atoms with van der Waals surface area (Å²) < 4.78 is 6.32. The van der Waals surface area contributed by atoms with Crippen molar-refractivity contribution in [3.8, 4) is 0 Å². The molecule has 1 aromatic carbocycles. The zero-order valence-electron chi connectivity index (χ0n) is 13.1. The van der Waals surface area contributed by atoms with Crippen molar-refractivity contribution >= 4 is 23.6 Å². The molecule has 0 bridgehead atoms. The SMILES string of the molecule is COC(=O)CNC(=O)[C@H](Cc1ccccc1)n1cnc(SC)c1. The number of nitrogens with one attached hydrogen (secondary N) is 1. The van der Waals surface area contributed by atoms with Crippen molar-refractivity contribution in [3.05, 3.63) is 48.4 Å². The highest BCUT2D eigenvalue weighted by Gasteiger charge is 2.22. The van der Waals surface area contributed by atoms with Crippen LogP contribution in [0.4, 0.5) is 0 Å². The molecule has 1 N–H and O–H groups in total. The first-order valence-corrected chi connectivity index (χ1v) is 8.32. The quantitative estimate of drug-likeness (QED) is 0.616. The molecule has 1 atom stereocenters. The van der Waals surface area contributed by atoms with Gasteiger partial charge in [0.25, 0.3) is 0 Å². The Morgan fingerprint density at radius 3 is 2.70 bits per heavy atom. The molecule has 7 heteroatoms. The van der Waals surface area contributed by atoms with E-state index in [1.54, 1.807) is 10.9 Å². The minimum absolute atomic E-state index is 0.148. The van der Waals surface area contributed by atoms with Crippen molar-refractivity contribution in [2.45, 2.75) is 17.5 Å². The zero-order valence-corrected chi connectivity index (χ0v) is 13.9. The third-order valence-corrected chi connectivity index (χ3v) is 3.99. The largest absolute Gasteiger partial charge is 0.468 e. The Labute approximate surface area is 139 Å². The fourth-order valence-corrected chi connectivity index (χ4v) is 2.49. The molecule has 2 rings (SSSR count). The molecular weight excluding hydrogens is 314 g/mol. The fourth-order valence-electron chi connectivity index (χ4n) is 2.11. The molecule has 0 unspecified atom stereocenters. The summed E-state index contributed by atoms with van der Waals surface area (Å²) in [7, 11) is 1.29. The highest BCUT2D eigenvalue weighted by atomic mass is 32.2. The summed E-state index contributed by atoms with van der Waals surface area (Å²) in [5.41, 5.74) is 1.03. The van der Waals surface area contributed by atoms with E-state index in [2.05, 4.69) is 15.0 Å². The summed E-state index contributed by atoms with van der Waals surface area (Å²) in [4.78, 5) is 28.0. The second-order valence-electron chi connectivity index (χ2n) is 4.86. The zero-order chi connectivity index (χ0) is 16.7. The van der Waals surface area contributed by atoms with Crippen molar-refractivity contribution in [1.82, 2.24) is 14.9 Å². The second-order valence-corrected chi connectivity index (χ2v) is 5.69. The predicted octanol–water partition coefficient (Wildman–Crippen LogP) is 1.68. The van der Waals surface area contributed by atoms with E-state index < -0.39 is 12.0 Å². The van der Waals surface area contributed by atoms with Gasteiger partial charge >= 0.3 is 5.97 Å². The van der Waals surface area contributed by atoms with Gasteiger partial charge in [0, 0.05) is 12.6 Å². The number of carbonyl (C=O) groups excluding carboxylic acids is 2. The first-order valence-electron chi connectivity index (χ1n) is 7.10. The number of rotatable bonds is 7. The van der Waals surface area contributed by atoms with Gasteiger partial charge in [0.15, 0.2) is 0 Å². The minimum Gasteiger partial charge on any atom is -0.468 e. The van der Waals surface area contributed by atoms with Crippen LogP contribution in [0.3, 0.4) is 0 Å². The number of aromatic nitrogens is 2. The van der Waals surface area contributed by atoms with Crippen LogP contribution in [0.5, 0.6) is 0 Å². The molecule has 0 fully saturated rings. The molecule has 0 saturated carbocycles. The van der Waals surface area contributed by atoms with Gasteiger partial charge in [-0.25, -0.2) is 4.98 Å². The molecule has 1 amide bonds. The number of imidazole rings is 1. The Kier molecular flexibility index (Phi) is 6.22. The average Bonchev–Trinajstić information content (AvgIpc) is 3.07. The van der Waals surface area contributed by atoms with E-state index in [-0.39, 0.29) is 12.5 Å². The molecule has 0 saturated heterocycles. The predicted molar refractivity (Wildman–Crippen MR) is 88.2 cm³/mol. The number of hydrogen-bond acceptors (Lipinski definition) is 5. The van der Waals surface area contributed by atoms with Gasteiger partial charge in [-0.3, -0.25) is 9.59 Å². The summed E-state index contributed by atoms with van der Waals surface area (Å²) in [6, 6.07) is 9.24. The van der Waals surface area contributed by atoms with Gasteiger partial charge in [-0.2, -0.15) is 0 Å². The number of ether oxygens (including phenoxy) is 1. The highest BCUT2D eigenvalue weighted by Crippen LogP contribution is 2.18. The number of carbonyl (C=O) groups is 2. The number of benzene rings is 1. The molecule has 0 spiro atoms. The van der Waals surface area contributed by atoms with E-state index in [1.165, 1.54) is 18.9 Å². The molecule has 0 aliphatic heterocycles. The van der Waals surface area contributed by atoms with Crippen molar-refractivity contribution < 1.29 is 14.3 Å². The van der Waals surface area contributed by atoms with E-state index >= 15 is 0 Å². The van der Waals surface area contributed by atoms with E-state index in [9.17, 15) is 9.59 Å². The van der Waals surface area contributed by atoms with Gasteiger partial charge in [0.2, 0.25) is 5.91 Å². The van der Waals surface area contributed by atoms with Crippen LogP contribution in [0.25, 0.3) is 0 Å². The molecule has 0 aliphatic rings. The Morgan fingerprint density at radius 1 is 1.35 bits per heavy atom. The molecule has 1 heterocycles. The van der Waals surface area contributed by atoms with Crippen LogP contribution in [0.2, 0.25) is 0 Å². The maximum absolute atomic E-state index is 12.5. The lowest BCUT2D eigenvalue weighted by Crippen LogP contribution is -2.37. The lowest BCUT2D eigenvalue weighted by molar-refractivity contribution is -0.141. The summed E-state index contributed by atoms with van der Waals surface area (Å²) in [5.74, 6) is -0.725. The van der Waals surface area contributed by atoms with E-state index in [0.29, 0.717) is 6.42 Å². The minimum atomic E-state index is -0.479. The molecule has 0 radical (unpaired) electrons. The van der Waals surface area contributed by atoms with E-state index in [0.717, 1.165) is 10.6 Å². The monoisotopic (exact) mass is 333 g/mol. The number of esters is 1. The third kappa shape index (κ3) is 4.85. The second kappa shape index (κ2) is 8.38. The Morgan fingerprint density at radius 2 is 2.09 bits per heavy atom. The first-order chi connectivity index (χ1) is 11.1. The lowest BCUT2D eigenvalue weighted by Gasteiger charge is -2.18. The van der Waals surface area contributed by atoms with Crippen LogP contribution < -0.4 is 5.32 Å². The Balaban J connectivity index is 2.16. The summed E-state index contributed by atoms with van der Waals surface area (Å²) in [6.45, 7) is -0.148. The summed E-state index contributed by atoms with van der Waals surface area (Å²) >= 11 is 1.51. The molecule has 1 aromatic heterocycles. The fraction of sp³-hybridized carbons (Fsp3) is 0.312. The van der Waals surface area contributed by atoms with Gasteiger partial charge in [-0.15, -0.1) is 11.8 Å². The first kappa shape index (κ1) is 17.1. The van der Waals surface area contributed by atoms with Gasteiger partial charge in [0.1, 0.15) is 17.6 Å². The number of thioether (sulfide) groups is 1. The number of nitrogens with zero attached hydrogens (tertiary/aromatic N) is 2.